The Hall–Kier alpha value is -3.09. The van der Waals surface area contributed by atoms with Gasteiger partial charge in [0.2, 0.25) is 5.91 Å². The summed E-state index contributed by atoms with van der Waals surface area (Å²) in [6, 6.07) is 11.7. The van der Waals surface area contributed by atoms with Crippen molar-refractivity contribution in [2.45, 2.75) is 12.5 Å². The highest BCUT2D eigenvalue weighted by molar-refractivity contribution is 6.02. The molecule has 0 aromatic heterocycles. The Morgan fingerprint density at radius 3 is 2.60 bits per heavy atom. The van der Waals surface area contributed by atoms with Gasteiger partial charge in [0.1, 0.15) is 17.6 Å². The number of benzene rings is 2. The van der Waals surface area contributed by atoms with Crippen LogP contribution in [0.1, 0.15) is 6.42 Å². The molecule has 0 unspecified atom stereocenters. The van der Waals surface area contributed by atoms with Crippen molar-refractivity contribution in [2.24, 2.45) is 0 Å². The average Bonchev–Trinajstić information content (AvgIpc) is 2.96. The normalized spacial score (nSPS) is 16.6. The first-order valence-corrected chi connectivity index (χ1v) is 7.86. The Morgan fingerprint density at radius 1 is 1.20 bits per heavy atom. The number of anilines is 2. The van der Waals surface area contributed by atoms with Crippen LogP contribution in [0.25, 0.3) is 0 Å². The number of carbonyl (C=O) groups is 2. The molecule has 2 N–H and O–H groups in total. The van der Waals surface area contributed by atoms with E-state index >= 15 is 0 Å². The van der Waals surface area contributed by atoms with Crippen molar-refractivity contribution in [2.75, 3.05) is 23.9 Å². The number of para-hydroxylation sites is 1. The van der Waals surface area contributed by atoms with Gasteiger partial charge in [0.05, 0.1) is 12.8 Å². The molecular formula is C18H18FN3O3. The molecule has 130 valence electrons. The molecule has 3 amide bonds. The van der Waals surface area contributed by atoms with E-state index in [4.69, 9.17) is 4.74 Å². The van der Waals surface area contributed by atoms with Crippen LogP contribution in [-0.4, -0.2) is 31.6 Å². The van der Waals surface area contributed by atoms with E-state index in [1.54, 1.807) is 49.6 Å². The molecule has 2 aromatic rings. The first-order chi connectivity index (χ1) is 12.1. The number of hydrogen-bond donors (Lipinski definition) is 2. The quantitative estimate of drug-likeness (QED) is 0.897. The van der Waals surface area contributed by atoms with Gasteiger partial charge in [0, 0.05) is 12.2 Å². The number of nitrogens with zero attached hydrogens (tertiary/aromatic N) is 1. The maximum atomic E-state index is 13.8. The first kappa shape index (κ1) is 16.8. The highest BCUT2D eigenvalue weighted by Gasteiger charge is 2.34. The fourth-order valence-electron chi connectivity index (χ4n) is 2.72. The van der Waals surface area contributed by atoms with E-state index in [1.165, 1.54) is 11.0 Å². The molecule has 25 heavy (non-hydrogen) atoms. The van der Waals surface area contributed by atoms with Crippen LogP contribution in [0.3, 0.4) is 0 Å². The maximum absolute atomic E-state index is 13.8. The molecule has 0 bridgehead atoms. The van der Waals surface area contributed by atoms with Crippen molar-refractivity contribution in [3.8, 4) is 5.75 Å². The number of urea groups is 1. The van der Waals surface area contributed by atoms with Crippen LogP contribution in [0.5, 0.6) is 5.75 Å². The summed E-state index contributed by atoms with van der Waals surface area (Å²) in [6.07, 6.45) is 0.420. The molecule has 0 spiro atoms. The lowest BCUT2D eigenvalue weighted by Crippen LogP contribution is -2.43. The summed E-state index contributed by atoms with van der Waals surface area (Å²) >= 11 is 0. The van der Waals surface area contributed by atoms with Crippen molar-refractivity contribution >= 4 is 23.3 Å². The minimum Gasteiger partial charge on any atom is -0.497 e. The Labute approximate surface area is 144 Å². The van der Waals surface area contributed by atoms with Crippen LogP contribution in [0.4, 0.5) is 20.6 Å². The monoisotopic (exact) mass is 343 g/mol. The van der Waals surface area contributed by atoms with Crippen molar-refractivity contribution in [1.82, 2.24) is 5.32 Å². The number of halogens is 1. The Bertz CT molecular complexity index is 779. The second kappa shape index (κ2) is 7.21. The highest BCUT2D eigenvalue weighted by Crippen LogP contribution is 2.24. The Kier molecular flexibility index (Phi) is 4.83. The third kappa shape index (κ3) is 3.71. The molecule has 7 heteroatoms. The second-order valence-corrected chi connectivity index (χ2v) is 5.61. The maximum Gasteiger partial charge on any atom is 0.319 e. The van der Waals surface area contributed by atoms with Crippen molar-refractivity contribution in [1.29, 1.82) is 0 Å². The van der Waals surface area contributed by atoms with E-state index in [-0.39, 0.29) is 11.6 Å². The fraction of sp³-hybridized carbons (Fsp3) is 0.222. The number of methoxy groups -OCH3 is 1. The van der Waals surface area contributed by atoms with Crippen molar-refractivity contribution < 1.29 is 18.7 Å². The molecular weight excluding hydrogens is 325 g/mol. The van der Waals surface area contributed by atoms with E-state index in [2.05, 4.69) is 10.6 Å². The Morgan fingerprint density at radius 2 is 1.92 bits per heavy atom. The van der Waals surface area contributed by atoms with Gasteiger partial charge >= 0.3 is 6.03 Å². The zero-order chi connectivity index (χ0) is 17.8. The lowest BCUT2D eigenvalue weighted by atomic mass is 10.2. The summed E-state index contributed by atoms with van der Waals surface area (Å²) in [7, 11) is 1.56. The summed E-state index contributed by atoms with van der Waals surface area (Å²) in [5.74, 6) is -0.105. The number of amides is 3. The van der Waals surface area contributed by atoms with Crippen molar-refractivity contribution in [3.63, 3.8) is 0 Å². The molecule has 6 nitrogen and oxygen atoms in total. The minimum atomic E-state index is -0.683. The molecule has 1 atom stereocenters. The third-order valence-electron chi connectivity index (χ3n) is 4.00. The average molecular weight is 343 g/mol. The van der Waals surface area contributed by atoms with Gasteiger partial charge in [-0.15, -0.1) is 0 Å². The predicted molar refractivity (Wildman–Crippen MR) is 92.3 cm³/mol. The fourth-order valence-corrected chi connectivity index (χ4v) is 2.72. The van der Waals surface area contributed by atoms with Gasteiger partial charge < -0.3 is 20.3 Å². The van der Waals surface area contributed by atoms with Gasteiger partial charge in [-0.2, -0.15) is 0 Å². The molecule has 2 aromatic carbocycles. The zero-order valence-corrected chi connectivity index (χ0v) is 13.7. The minimum absolute atomic E-state index is 0.229. The number of nitrogens with one attached hydrogen (secondary N) is 2. The number of carbonyl (C=O) groups excluding carboxylic acids is 2. The van der Waals surface area contributed by atoms with Gasteiger partial charge in [-0.25, -0.2) is 9.18 Å². The number of hydrogen-bond acceptors (Lipinski definition) is 3. The lowest BCUT2D eigenvalue weighted by molar-refractivity contribution is -0.118. The molecule has 1 aliphatic rings. The Balaban J connectivity index is 1.60. The molecule has 1 fully saturated rings. The largest absolute Gasteiger partial charge is 0.497 e. The number of ether oxygens (including phenoxy) is 1. The predicted octanol–water partition coefficient (Wildman–Crippen LogP) is 2.76. The van der Waals surface area contributed by atoms with E-state index in [9.17, 15) is 14.0 Å². The van der Waals surface area contributed by atoms with Crippen LogP contribution in [0.15, 0.2) is 48.5 Å². The zero-order valence-electron chi connectivity index (χ0n) is 13.7. The summed E-state index contributed by atoms with van der Waals surface area (Å²) < 4.78 is 18.9. The van der Waals surface area contributed by atoms with E-state index in [0.29, 0.717) is 24.4 Å². The smallest absolute Gasteiger partial charge is 0.319 e. The first-order valence-electron chi connectivity index (χ1n) is 7.86. The van der Waals surface area contributed by atoms with Crippen molar-refractivity contribution in [3.05, 3.63) is 54.3 Å². The van der Waals surface area contributed by atoms with Crippen LogP contribution >= 0.6 is 0 Å². The molecule has 0 aliphatic carbocycles. The molecule has 1 heterocycles. The van der Waals surface area contributed by atoms with Gasteiger partial charge in [0.25, 0.3) is 0 Å². The summed E-state index contributed by atoms with van der Waals surface area (Å²) in [6.45, 7) is 0.354. The molecule has 3 rings (SSSR count). The van der Waals surface area contributed by atoms with E-state index in [1.807, 2.05) is 0 Å². The summed E-state index contributed by atoms with van der Waals surface area (Å²) in [5.41, 5.74) is 0.807. The molecule has 1 aliphatic heterocycles. The van der Waals surface area contributed by atoms with Crippen LogP contribution < -0.4 is 20.3 Å². The summed E-state index contributed by atoms with van der Waals surface area (Å²) in [5, 5.41) is 5.29. The summed E-state index contributed by atoms with van der Waals surface area (Å²) in [4.78, 5) is 25.9. The lowest BCUT2D eigenvalue weighted by Gasteiger charge is -2.18. The molecule has 0 radical (unpaired) electrons. The van der Waals surface area contributed by atoms with Gasteiger partial charge in [-0.3, -0.25) is 4.79 Å². The van der Waals surface area contributed by atoms with Crippen LogP contribution in [-0.2, 0) is 4.79 Å². The van der Waals surface area contributed by atoms with Crippen LogP contribution in [0, 0.1) is 5.82 Å². The van der Waals surface area contributed by atoms with E-state index in [0.717, 1.165) is 0 Å². The topological polar surface area (TPSA) is 70.7 Å². The molecule has 0 saturated carbocycles. The SMILES string of the molecule is COc1ccc(NC(=O)N[C@@H]2CCN(c3ccccc3F)C2=O)cc1. The van der Waals surface area contributed by atoms with Gasteiger partial charge in [0.15, 0.2) is 0 Å². The van der Waals surface area contributed by atoms with Gasteiger partial charge in [-0.05, 0) is 42.8 Å². The molecule has 1 saturated heterocycles. The second-order valence-electron chi connectivity index (χ2n) is 5.61. The number of rotatable bonds is 4. The third-order valence-corrected chi connectivity index (χ3v) is 4.00. The highest BCUT2D eigenvalue weighted by atomic mass is 19.1. The van der Waals surface area contributed by atoms with Crippen LogP contribution in [0.2, 0.25) is 0 Å². The van der Waals surface area contributed by atoms with Gasteiger partial charge in [-0.1, -0.05) is 12.1 Å². The van der Waals surface area contributed by atoms with E-state index < -0.39 is 17.9 Å². The standard InChI is InChI=1S/C18H18FN3O3/c1-25-13-8-6-12(7-9-13)20-18(24)21-15-10-11-22(17(15)23)16-5-3-2-4-14(16)19/h2-9,15H,10-11H2,1H3,(H2,20,21,24)/t15-/m1/s1.